The molecule has 0 spiro atoms. The van der Waals surface area contributed by atoms with Gasteiger partial charge in [-0.3, -0.25) is 9.52 Å². The summed E-state index contributed by atoms with van der Waals surface area (Å²) in [6.07, 6.45) is 3.26. The fourth-order valence-electron chi connectivity index (χ4n) is 2.97. The van der Waals surface area contributed by atoms with Crippen LogP contribution in [0, 0.1) is 0 Å². The molecule has 9 heteroatoms. The maximum atomic E-state index is 12.6. The van der Waals surface area contributed by atoms with Crippen LogP contribution < -0.4 is 14.8 Å². The van der Waals surface area contributed by atoms with Gasteiger partial charge in [0.05, 0.1) is 9.92 Å². The van der Waals surface area contributed by atoms with Crippen molar-refractivity contribution in [3.63, 3.8) is 0 Å². The number of carbonyl (C=O) groups excluding carboxylic acids is 1. The van der Waals surface area contributed by atoms with E-state index in [9.17, 15) is 13.2 Å². The van der Waals surface area contributed by atoms with E-state index < -0.39 is 10.0 Å². The number of carbonyl (C=O) groups is 1. The van der Waals surface area contributed by atoms with Gasteiger partial charge in [0.25, 0.3) is 15.9 Å². The average molecular weight is 507 g/mol. The molecule has 0 fully saturated rings. The number of hydrogen-bond donors (Lipinski definition) is 2. The molecule has 0 bridgehead atoms. The fraction of sp³-hybridized carbons (Fsp3) is 0.208. The van der Waals surface area contributed by atoms with Gasteiger partial charge in [-0.15, -0.1) is 0 Å². The molecule has 1 amide bonds. The zero-order valence-corrected chi connectivity index (χ0v) is 20.3. The van der Waals surface area contributed by atoms with E-state index in [0.29, 0.717) is 16.4 Å². The summed E-state index contributed by atoms with van der Waals surface area (Å²) in [6.45, 7) is 1.87. The van der Waals surface area contributed by atoms with Crippen LogP contribution in [0.4, 0.5) is 11.4 Å². The van der Waals surface area contributed by atoms with Crippen molar-refractivity contribution in [1.29, 1.82) is 0 Å². The van der Waals surface area contributed by atoms with Gasteiger partial charge in [-0.25, -0.2) is 8.42 Å². The third-order valence-electron chi connectivity index (χ3n) is 4.73. The zero-order chi connectivity index (χ0) is 23.8. The first-order chi connectivity index (χ1) is 15.8. The summed E-state index contributed by atoms with van der Waals surface area (Å²) < 4.78 is 33.1. The highest BCUT2D eigenvalue weighted by atomic mass is 35.5. The highest BCUT2D eigenvalue weighted by molar-refractivity contribution is 7.92. The third-order valence-corrected chi connectivity index (χ3v) is 6.65. The molecule has 3 aromatic carbocycles. The Kier molecular flexibility index (Phi) is 8.61. The van der Waals surface area contributed by atoms with Gasteiger partial charge in [-0.2, -0.15) is 0 Å². The largest absolute Gasteiger partial charge is 0.482 e. The summed E-state index contributed by atoms with van der Waals surface area (Å²) in [6, 6.07) is 18.0. The molecular weight excluding hydrogens is 483 g/mol. The number of ether oxygens (including phenoxy) is 1. The van der Waals surface area contributed by atoms with Gasteiger partial charge >= 0.3 is 0 Å². The topological polar surface area (TPSA) is 84.5 Å². The van der Waals surface area contributed by atoms with Crippen molar-refractivity contribution in [2.24, 2.45) is 0 Å². The maximum Gasteiger partial charge on any atom is 0.262 e. The lowest BCUT2D eigenvalue weighted by molar-refractivity contribution is -0.118. The standard InChI is InChI=1S/C24H24Cl2N2O4S/c1-2-3-4-17-5-9-19(10-6-17)27-24(29)16-32-23-14-13-21(15-22(23)26)33(30,31)28-20-11-7-18(25)8-12-20/h5-15,28H,2-4,16H2,1H3,(H,27,29). The second kappa shape index (κ2) is 11.4. The van der Waals surface area contributed by atoms with Crippen LogP contribution >= 0.6 is 23.2 Å². The van der Waals surface area contributed by atoms with Crippen LogP contribution in [0.1, 0.15) is 25.3 Å². The molecule has 3 aromatic rings. The van der Waals surface area contributed by atoms with Gasteiger partial charge in [0.2, 0.25) is 0 Å². The van der Waals surface area contributed by atoms with Crippen LogP contribution in [0.2, 0.25) is 10.0 Å². The molecule has 0 aliphatic carbocycles. The minimum absolute atomic E-state index is 0.0394. The number of hydrogen-bond acceptors (Lipinski definition) is 4. The Morgan fingerprint density at radius 1 is 0.939 bits per heavy atom. The Labute approximate surface area is 203 Å². The van der Waals surface area contributed by atoms with Gasteiger partial charge in [-0.1, -0.05) is 48.7 Å². The number of rotatable bonds is 10. The molecule has 0 unspecified atom stereocenters. The predicted molar refractivity (Wildman–Crippen MR) is 133 cm³/mol. The van der Waals surface area contributed by atoms with Crippen molar-refractivity contribution in [2.45, 2.75) is 31.1 Å². The maximum absolute atomic E-state index is 12.6. The van der Waals surface area contributed by atoms with E-state index in [1.807, 2.05) is 24.3 Å². The molecule has 0 radical (unpaired) electrons. The van der Waals surface area contributed by atoms with E-state index in [1.54, 1.807) is 24.3 Å². The average Bonchev–Trinajstić information content (AvgIpc) is 2.79. The van der Waals surface area contributed by atoms with Crippen LogP contribution in [0.25, 0.3) is 0 Å². The van der Waals surface area contributed by atoms with Gasteiger partial charge in [0, 0.05) is 16.4 Å². The van der Waals surface area contributed by atoms with Crippen molar-refractivity contribution in [1.82, 2.24) is 0 Å². The first kappa shape index (κ1) is 24.9. The number of anilines is 2. The van der Waals surface area contributed by atoms with Crippen molar-refractivity contribution in [3.05, 3.63) is 82.3 Å². The van der Waals surface area contributed by atoms with E-state index in [1.165, 1.54) is 23.8 Å². The molecule has 0 saturated carbocycles. The first-order valence-electron chi connectivity index (χ1n) is 10.4. The smallest absolute Gasteiger partial charge is 0.262 e. The quantitative estimate of drug-likeness (QED) is 0.345. The molecule has 0 aliphatic rings. The number of sulfonamides is 1. The molecule has 0 saturated heterocycles. The van der Waals surface area contributed by atoms with Crippen LogP contribution in [-0.4, -0.2) is 20.9 Å². The summed E-state index contributed by atoms with van der Waals surface area (Å²) in [5.41, 5.74) is 2.26. The first-order valence-corrected chi connectivity index (χ1v) is 12.6. The minimum Gasteiger partial charge on any atom is -0.482 e. The Morgan fingerprint density at radius 2 is 1.61 bits per heavy atom. The number of unbranched alkanes of at least 4 members (excludes halogenated alkanes) is 1. The minimum atomic E-state index is -3.86. The van der Waals surface area contributed by atoms with Crippen LogP contribution in [0.15, 0.2) is 71.6 Å². The zero-order valence-electron chi connectivity index (χ0n) is 18.0. The van der Waals surface area contributed by atoms with Crippen molar-refractivity contribution in [3.8, 4) is 5.75 Å². The summed E-state index contributed by atoms with van der Waals surface area (Å²) in [5.74, 6) is -0.152. The van der Waals surface area contributed by atoms with E-state index in [4.69, 9.17) is 27.9 Å². The third kappa shape index (κ3) is 7.39. The van der Waals surface area contributed by atoms with Crippen molar-refractivity contribution in [2.75, 3.05) is 16.6 Å². The molecule has 2 N–H and O–H groups in total. The number of halogens is 2. The highest BCUT2D eigenvalue weighted by Crippen LogP contribution is 2.28. The number of amides is 1. The lowest BCUT2D eigenvalue weighted by Crippen LogP contribution is -2.20. The fourth-order valence-corrected chi connectivity index (χ4v) is 4.48. The van der Waals surface area contributed by atoms with Gasteiger partial charge in [0.1, 0.15) is 5.75 Å². The molecule has 174 valence electrons. The Balaban J connectivity index is 1.57. The Morgan fingerprint density at radius 3 is 2.24 bits per heavy atom. The second-order valence-corrected chi connectivity index (χ2v) is 9.87. The molecule has 0 aromatic heterocycles. The van der Waals surface area contributed by atoms with Crippen LogP contribution in [0.5, 0.6) is 5.75 Å². The van der Waals surface area contributed by atoms with Gasteiger partial charge in [0.15, 0.2) is 6.61 Å². The Bertz CT molecular complexity index is 1200. The number of benzene rings is 3. The summed E-state index contributed by atoms with van der Waals surface area (Å²) >= 11 is 12.0. The molecular formula is C24H24Cl2N2O4S. The van der Waals surface area contributed by atoms with E-state index in [-0.39, 0.29) is 28.2 Å². The molecule has 0 aliphatic heterocycles. The Hall–Kier alpha value is -2.74. The normalized spacial score (nSPS) is 11.1. The summed E-state index contributed by atoms with van der Waals surface area (Å²) in [5, 5.41) is 3.33. The van der Waals surface area contributed by atoms with E-state index >= 15 is 0 Å². The second-order valence-electron chi connectivity index (χ2n) is 7.34. The summed E-state index contributed by atoms with van der Waals surface area (Å²) in [7, 11) is -3.86. The van der Waals surface area contributed by atoms with Gasteiger partial charge < -0.3 is 10.1 Å². The summed E-state index contributed by atoms with van der Waals surface area (Å²) in [4.78, 5) is 12.2. The molecule has 33 heavy (non-hydrogen) atoms. The van der Waals surface area contributed by atoms with E-state index in [2.05, 4.69) is 17.0 Å². The van der Waals surface area contributed by atoms with Crippen LogP contribution in [0.3, 0.4) is 0 Å². The molecule has 3 rings (SSSR count). The molecule has 0 heterocycles. The predicted octanol–water partition coefficient (Wildman–Crippen LogP) is 6.15. The molecule has 0 atom stereocenters. The van der Waals surface area contributed by atoms with Crippen LogP contribution in [-0.2, 0) is 21.2 Å². The lowest BCUT2D eigenvalue weighted by atomic mass is 10.1. The number of nitrogens with one attached hydrogen (secondary N) is 2. The number of aryl methyl sites for hydroxylation is 1. The monoisotopic (exact) mass is 506 g/mol. The SMILES string of the molecule is CCCCc1ccc(NC(=O)COc2ccc(S(=O)(=O)Nc3ccc(Cl)cc3)cc2Cl)cc1. The molecule has 6 nitrogen and oxygen atoms in total. The van der Waals surface area contributed by atoms with Crippen molar-refractivity contribution < 1.29 is 17.9 Å². The highest BCUT2D eigenvalue weighted by Gasteiger charge is 2.17. The van der Waals surface area contributed by atoms with Crippen molar-refractivity contribution >= 4 is 50.5 Å². The van der Waals surface area contributed by atoms with E-state index in [0.717, 1.165) is 19.3 Å². The van der Waals surface area contributed by atoms with Gasteiger partial charge in [-0.05, 0) is 73.0 Å². The lowest BCUT2D eigenvalue weighted by Gasteiger charge is -2.12.